The Labute approximate surface area is 161 Å². The first-order valence-electron chi connectivity index (χ1n) is 9.16. The lowest BCUT2D eigenvalue weighted by atomic mass is 10.0. The number of nitrogens with one attached hydrogen (secondary N) is 1. The number of nitrogens with zero attached hydrogens (tertiary/aromatic N) is 4. The van der Waals surface area contributed by atoms with Gasteiger partial charge in [0, 0.05) is 50.6 Å². The van der Waals surface area contributed by atoms with E-state index in [1.54, 1.807) is 12.3 Å². The van der Waals surface area contributed by atoms with Gasteiger partial charge in [0.15, 0.2) is 0 Å². The minimum absolute atomic E-state index is 0.0697. The van der Waals surface area contributed by atoms with Crippen LogP contribution in [0, 0.1) is 13.8 Å². The molecule has 0 bridgehead atoms. The van der Waals surface area contributed by atoms with Crippen molar-refractivity contribution in [3.05, 3.63) is 52.1 Å². The summed E-state index contributed by atoms with van der Waals surface area (Å²) in [6.07, 6.45) is 2.47. The van der Waals surface area contributed by atoms with Crippen molar-refractivity contribution in [2.75, 3.05) is 6.54 Å². The highest BCUT2D eigenvalue weighted by Crippen LogP contribution is 2.26. The average molecular weight is 379 g/mol. The number of aryl methyl sites for hydroxylation is 2. The Hall–Kier alpha value is -3.29. The topological polar surface area (TPSA) is 101 Å². The first kappa shape index (κ1) is 18.1. The SMILES string of the molecule is CC(=O)NCc1cnc2c(c1)CN(C(=O)c1cc(C)nc3onc(C)c13)CC2. The molecular weight excluding hydrogens is 358 g/mol. The van der Waals surface area contributed by atoms with Crippen molar-refractivity contribution in [1.82, 2.24) is 25.3 Å². The van der Waals surface area contributed by atoms with E-state index in [-0.39, 0.29) is 11.8 Å². The van der Waals surface area contributed by atoms with Crippen LogP contribution < -0.4 is 5.32 Å². The molecule has 4 rings (SSSR count). The maximum atomic E-state index is 13.3. The zero-order valence-electron chi connectivity index (χ0n) is 16.1. The predicted octanol–water partition coefficient (Wildman–Crippen LogP) is 2.07. The van der Waals surface area contributed by atoms with Crippen molar-refractivity contribution >= 4 is 22.9 Å². The number of carbonyl (C=O) groups excluding carboxylic acids is 2. The summed E-state index contributed by atoms with van der Waals surface area (Å²) in [4.78, 5) is 35.1. The number of fused-ring (bicyclic) bond motifs is 2. The van der Waals surface area contributed by atoms with Gasteiger partial charge in [0.05, 0.1) is 16.6 Å². The summed E-state index contributed by atoms with van der Waals surface area (Å²) >= 11 is 0. The molecular formula is C20H21N5O3. The molecule has 2 amide bonds. The molecule has 1 aliphatic heterocycles. The van der Waals surface area contributed by atoms with Crippen LogP contribution in [0.5, 0.6) is 0 Å². The smallest absolute Gasteiger partial charge is 0.258 e. The zero-order valence-corrected chi connectivity index (χ0v) is 16.1. The van der Waals surface area contributed by atoms with E-state index >= 15 is 0 Å². The van der Waals surface area contributed by atoms with Crippen LogP contribution >= 0.6 is 0 Å². The van der Waals surface area contributed by atoms with Gasteiger partial charge in [-0.25, -0.2) is 4.98 Å². The highest BCUT2D eigenvalue weighted by Gasteiger charge is 2.26. The summed E-state index contributed by atoms with van der Waals surface area (Å²) < 4.78 is 5.25. The quantitative estimate of drug-likeness (QED) is 0.748. The molecule has 1 aliphatic rings. The summed E-state index contributed by atoms with van der Waals surface area (Å²) in [6, 6.07) is 3.80. The molecule has 3 aromatic heterocycles. The molecule has 1 N–H and O–H groups in total. The molecule has 0 radical (unpaired) electrons. The normalized spacial score (nSPS) is 13.5. The van der Waals surface area contributed by atoms with E-state index < -0.39 is 0 Å². The third-order valence-electron chi connectivity index (χ3n) is 4.90. The maximum absolute atomic E-state index is 13.3. The van der Waals surface area contributed by atoms with Crippen molar-refractivity contribution in [2.24, 2.45) is 0 Å². The Balaban J connectivity index is 1.62. The largest absolute Gasteiger partial charge is 0.352 e. The fourth-order valence-electron chi connectivity index (χ4n) is 3.53. The number of rotatable bonds is 3. The Kier molecular flexibility index (Phi) is 4.54. The molecule has 0 atom stereocenters. The molecule has 8 heteroatoms. The number of hydrogen-bond donors (Lipinski definition) is 1. The van der Waals surface area contributed by atoms with Crippen LogP contribution in [0.15, 0.2) is 22.9 Å². The molecule has 0 saturated heterocycles. The van der Waals surface area contributed by atoms with E-state index in [0.717, 1.165) is 16.8 Å². The van der Waals surface area contributed by atoms with Crippen molar-refractivity contribution in [3.63, 3.8) is 0 Å². The lowest BCUT2D eigenvalue weighted by molar-refractivity contribution is -0.119. The van der Waals surface area contributed by atoms with Gasteiger partial charge < -0.3 is 14.7 Å². The fraction of sp³-hybridized carbons (Fsp3) is 0.350. The molecule has 0 aliphatic carbocycles. The van der Waals surface area contributed by atoms with E-state index in [9.17, 15) is 9.59 Å². The highest BCUT2D eigenvalue weighted by atomic mass is 16.5. The molecule has 144 valence electrons. The van der Waals surface area contributed by atoms with Crippen molar-refractivity contribution in [2.45, 2.75) is 40.3 Å². The third-order valence-corrected chi connectivity index (χ3v) is 4.90. The zero-order chi connectivity index (χ0) is 19.8. The number of hydrogen-bond acceptors (Lipinski definition) is 6. The average Bonchev–Trinajstić information content (AvgIpc) is 3.05. The molecule has 0 aromatic carbocycles. The van der Waals surface area contributed by atoms with E-state index in [0.29, 0.717) is 54.1 Å². The minimum atomic E-state index is -0.0873. The third kappa shape index (κ3) is 3.33. The van der Waals surface area contributed by atoms with Crippen LogP contribution in [0.3, 0.4) is 0 Å². The lowest BCUT2D eigenvalue weighted by Gasteiger charge is -2.29. The summed E-state index contributed by atoms with van der Waals surface area (Å²) in [7, 11) is 0. The number of carbonyl (C=O) groups is 2. The van der Waals surface area contributed by atoms with Crippen LogP contribution in [0.4, 0.5) is 0 Å². The summed E-state index contributed by atoms with van der Waals surface area (Å²) in [5.74, 6) is -0.157. The van der Waals surface area contributed by atoms with Crippen LogP contribution in [-0.2, 0) is 24.3 Å². The molecule has 0 fully saturated rings. The Bertz CT molecular complexity index is 1090. The van der Waals surface area contributed by atoms with Gasteiger partial charge in [0.2, 0.25) is 5.91 Å². The standard InChI is InChI=1S/C20H21N5O3/c1-11-6-16(18-12(2)24-28-19(18)23-11)20(27)25-5-4-17-15(10-25)7-14(9-22-17)8-21-13(3)26/h6-7,9H,4-5,8,10H2,1-3H3,(H,21,26). The predicted molar refractivity (Wildman–Crippen MR) is 101 cm³/mol. The summed E-state index contributed by atoms with van der Waals surface area (Å²) in [5.41, 5.74) is 5.23. The molecule has 0 saturated carbocycles. The number of pyridine rings is 2. The van der Waals surface area contributed by atoms with Gasteiger partial charge in [0.25, 0.3) is 11.6 Å². The second-order valence-electron chi connectivity index (χ2n) is 7.10. The van der Waals surface area contributed by atoms with Gasteiger partial charge in [-0.2, -0.15) is 0 Å². The Morgan fingerprint density at radius 2 is 2.11 bits per heavy atom. The van der Waals surface area contributed by atoms with Gasteiger partial charge in [-0.1, -0.05) is 5.16 Å². The molecule has 0 unspecified atom stereocenters. The monoisotopic (exact) mass is 379 g/mol. The molecule has 8 nitrogen and oxygen atoms in total. The molecule has 0 spiro atoms. The minimum Gasteiger partial charge on any atom is -0.352 e. The summed E-state index contributed by atoms with van der Waals surface area (Å²) in [6.45, 7) is 6.62. The van der Waals surface area contributed by atoms with Crippen LogP contribution in [-0.4, -0.2) is 38.4 Å². The first-order valence-corrected chi connectivity index (χ1v) is 9.16. The van der Waals surface area contributed by atoms with E-state index in [1.165, 1.54) is 6.92 Å². The maximum Gasteiger partial charge on any atom is 0.258 e. The van der Waals surface area contributed by atoms with Gasteiger partial charge >= 0.3 is 0 Å². The van der Waals surface area contributed by atoms with Crippen LogP contribution in [0.25, 0.3) is 11.1 Å². The summed E-state index contributed by atoms with van der Waals surface area (Å²) in [5, 5.41) is 7.39. The van der Waals surface area contributed by atoms with Gasteiger partial charge in [-0.15, -0.1) is 0 Å². The van der Waals surface area contributed by atoms with Crippen molar-refractivity contribution in [1.29, 1.82) is 0 Å². The second kappa shape index (κ2) is 7.03. The molecule has 28 heavy (non-hydrogen) atoms. The fourth-order valence-corrected chi connectivity index (χ4v) is 3.53. The van der Waals surface area contributed by atoms with E-state index in [1.807, 2.05) is 24.8 Å². The van der Waals surface area contributed by atoms with Crippen LogP contribution in [0.1, 0.15) is 45.5 Å². The first-order chi connectivity index (χ1) is 13.4. The Morgan fingerprint density at radius 3 is 2.89 bits per heavy atom. The molecule has 3 aromatic rings. The van der Waals surface area contributed by atoms with Crippen LogP contribution in [0.2, 0.25) is 0 Å². The Morgan fingerprint density at radius 1 is 1.29 bits per heavy atom. The van der Waals surface area contributed by atoms with Gasteiger partial charge in [-0.05, 0) is 37.1 Å². The van der Waals surface area contributed by atoms with Crippen molar-refractivity contribution in [3.8, 4) is 0 Å². The number of amides is 2. The highest BCUT2D eigenvalue weighted by molar-refractivity contribution is 6.06. The van der Waals surface area contributed by atoms with Crippen molar-refractivity contribution < 1.29 is 14.1 Å². The lowest BCUT2D eigenvalue weighted by Crippen LogP contribution is -2.36. The number of aromatic nitrogens is 3. The van der Waals surface area contributed by atoms with Gasteiger partial charge in [0.1, 0.15) is 0 Å². The molecule has 4 heterocycles. The van der Waals surface area contributed by atoms with E-state index in [2.05, 4.69) is 20.4 Å². The van der Waals surface area contributed by atoms with Gasteiger partial charge in [-0.3, -0.25) is 14.6 Å². The second-order valence-corrected chi connectivity index (χ2v) is 7.10. The van der Waals surface area contributed by atoms with E-state index in [4.69, 9.17) is 4.52 Å².